The fourth-order valence-electron chi connectivity index (χ4n) is 7.04. The molecule has 1 aromatic heterocycles. The minimum absolute atomic E-state index is 0.208. The van der Waals surface area contributed by atoms with Crippen molar-refractivity contribution >= 4 is 24.0 Å². The number of allylic oxidation sites excluding steroid dienone is 6. The van der Waals surface area contributed by atoms with Crippen molar-refractivity contribution in [2.75, 3.05) is 0 Å². The van der Waals surface area contributed by atoms with Gasteiger partial charge in [-0.25, -0.2) is 9.98 Å². The molecule has 4 aromatic rings. The first-order valence-electron chi connectivity index (χ1n) is 18.9. The SMILES string of the molecule is C=CC(C/C(C)=C/c1cc(-c2ccc(-c3ccccc3)cc2)cc(CCC)n1)[C@@H]1C=C(C(N=Cc2ccccc2)=NC(=N)C2=C(C)CCC=C2)C=CC1. The van der Waals surface area contributed by atoms with E-state index in [0.717, 1.165) is 66.6 Å². The van der Waals surface area contributed by atoms with E-state index in [-0.39, 0.29) is 17.7 Å². The van der Waals surface area contributed by atoms with Crippen molar-refractivity contribution in [1.82, 2.24) is 4.98 Å². The summed E-state index contributed by atoms with van der Waals surface area (Å²) in [5.74, 6) is 1.23. The van der Waals surface area contributed by atoms with Crippen molar-refractivity contribution in [1.29, 1.82) is 5.41 Å². The average molecular weight is 695 g/mol. The van der Waals surface area contributed by atoms with Gasteiger partial charge in [0.15, 0.2) is 11.7 Å². The van der Waals surface area contributed by atoms with Gasteiger partial charge in [0.05, 0.1) is 5.69 Å². The molecule has 0 bridgehead atoms. The topological polar surface area (TPSA) is 61.5 Å². The van der Waals surface area contributed by atoms with Crippen molar-refractivity contribution in [3.8, 4) is 22.3 Å². The Bertz CT molecular complexity index is 2120. The van der Waals surface area contributed by atoms with Crippen LogP contribution in [0, 0.1) is 17.2 Å². The number of nitrogens with one attached hydrogen (secondary N) is 1. The molecule has 266 valence electrons. The molecule has 0 radical (unpaired) electrons. The molecular weight excluding hydrogens is 645 g/mol. The molecule has 3 aromatic carbocycles. The number of aromatic nitrogens is 1. The third kappa shape index (κ3) is 9.99. The standard InChI is InChI=1S/C49H50N4/c1-5-16-45-32-44(41-27-25-40(26-28-41)39-20-11-8-12-21-39)33-46(52-45)30-35(3)29-38(6-2)42-22-15-23-43(31-42)49(51-34-37-18-9-7-10-19-37)53-48(50)47-24-14-13-17-36(47)4/h6-12,14-15,18-21,23-28,30-34,38,42,50H,2,5,13,16-17,22,29H2,1,3-4H3/b35-30+,50-48?,51-34?,53-49?/t38?,42-/m0/s1. The molecule has 0 aliphatic heterocycles. The van der Waals surface area contributed by atoms with Gasteiger partial charge in [0.2, 0.25) is 0 Å². The minimum Gasteiger partial charge on any atom is -0.282 e. The summed E-state index contributed by atoms with van der Waals surface area (Å²) in [6.45, 7) is 10.8. The van der Waals surface area contributed by atoms with Crippen molar-refractivity contribution in [2.24, 2.45) is 21.8 Å². The zero-order chi connectivity index (χ0) is 37.0. The van der Waals surface area contributed by atoms with Crippen molar-refractivity contribution in [3.05, 3.63) is 179 Å². The lowest BCUT2D eigenvalue weighted by Crippen LogP contribution is -2.16. The van der Waals surface area contributed by atoms with Gasteiger partial charge < -0.3 is 0 Å². The highest BCUT2D eigenvalue weighted by Crippen LogP contribution is 2.32. The Morgan fingerprint density at radius 3 is 2.30 bits per heavy atom. The summed E-state index contributed by atoms with van der Waals surface area (Å²) in [4.78, 5) is 14.8. The Labute approximate surface area is 316 Å². The van der Waals surface area contributed by atoms with E-state index in [9.17, 15) is 0 Å². The maximum Gasteiger partial charge on any atom is 0.161 e. The number of hydrogen-bond acceptors (Lipinski definition) is 2. The Morgan fingerprint density at radius 1 is 0.906 bits per heavy atom. The molecule has 1 unspecified atom stereocenters. The van der Waals surface area contributed by atoms with Gasteiger partial charge in [-0.15, -0.1) is 6.58 Å². The molecule has 0 amide bonds. The van der Waals surface area contributed by atoms with Gasteiger partial charge in [0.1, 0.15) is 0 Å². The Hall–Kier alpha value is -5.74. The molecular formula is C49H50N4. The molecule has 0 fully saturated rings. The van der Waals surface area contributed by atoms with Crippen LogP contribution in [0.25, 0.3) is 28.3 Å². The molecule has 0 spiro atoms. The number of pyridine rings is 1. The molecule has 4 heteroatoms. The predicted octanol–water partition coefficient (Wildman–Crippen LogP) is 12.6. The highest BCUT2D eigenvalue weighted by Gasteiger charge is 2.21. The Kier molecular flexibility index (Phi) is 12.7. The van der Waals surface area contributed by atoms with E-state index >= 15 is 0 Å². The first kappa shape index (κ1) is 37.0. The molecule has 1 heterocycles. The number of aryl methyl sites for hydroxylation is 1. The first-order chi connectivity index (χ1) is 25.9. The highest BCUT2D eigenvalue weighted by atomic mass is 15.0. The second-order valence-electron chi connectivity index (χ2n) is 14.1. The summed E-state index contributed by atoms with van der Waals surface area (Å²) in [6, 6.07) is 33.9. The summed E-state index contributed by atoms with van der Waals surface area (Å²) >= 11 is 0. The van der Waals surface area contributed by atoms with Crippen LogP contribution in [0.3, 0.4) is 0 Å². The molecule has 2 aliphatic carbocycles. The highest BCUT2D eigenvalue weighted by molar-refractivity contribution is 6.15. The molecule has 2 aliphatic rings. The van der Waals surface area contributed by atoms with Gasteiger partial charge in [-0.2, -0.15) is 0 Å². The van der Waals surface area contributed by atoms with Crippen LogP contribution in [0.5, 0.6) is 0 Å². The number of hydrogen-bond donors (Lipinski definition) is 1. The van der Waals surface area contributed by atoms with E-state index in [1.165, 1.54) is 33.4 Å². The minimum atomic E-state index is 0.208. The van der Waals surface area contributed by atoms with E-state index in [1.807, 2.05) is 42.6 Å². The maximum absolute atomic E-state index is 8.92. The largest absolute Gasteiger partial charge is 0.282 e. The number of benzene rings is 3. The van der Waals surface area contributed by atoms with Gasteiger partial charge >= 0.3 is 0 Å². The summed E-state index contributed by atoms with van der Waals surface area (Å²) in [5, 5.41) is 8.92. The second kappa shape index (κ2) is 18.1. The van der Waals surface area contributed by atoms with E-state index < -0.39 is 0 Å². The summed E-state index contributed by atoms with van der Waals surface area (Å²) < 4.78 is 0. The molecule has 6 rings (SSSR count). The summed E-state index contributed by atoms with van der Waals surface area (Å²) in [6.07, 6.45) is 22.6. The number of amidine groups is 2. The number of aliphatic imine (C=N–C) groups is 2. The van der Waals surface area contributed by atoms with E-state index in [0.29, 0.717) is 5.84 Å². The van der Waals surface area contributed by atoms with Crippen LogP contribution in [0.1, 0.15) is 69.8 Å². The van der Waals surface area contributed by atoms with Crippen molar-refractivity contribution in [3.63, 3.8) is 0 Å². The Morgan fingerprint density at radius 2 is 1.60 bits per heavy atom. The summed E-state index contributed by atoms with van der Waals surface area (Å²) in [7, 11) is 0. The van der Waals surface area contributed by atoms with Gasteiger partial charge in [0, 0.05) is 23.1 Å². The van der Waals surface area contributed by atoms with Gasteiger partial charge in [0.25, 0.3) is 0 Å². The summed E-state index contributed by atoms with van der Waals surface area (Å²) in [5.41, 5.74) is 12.2. The van der Waals surface area contributed by atoms with Gasteiger partial charge in [-0.05, 0) is 104 Å². The lowest BCUT2D eigenvalue weighted by molar-refractivity contribution is 0.472. The van der Waals surface area contributed by atoms with Gasteiger partial charge in [-0.1, -0.05) is 146 Å². The second-order valence-corrected chi connectivity index (χ2v) is 14.1. The molecule has 53 heavy (non-hydrogen) atoms. The zero-order valence-corrected chi connectivity index (χ0v) is 31.3. The molecule has 1 N–H and O–H groups in total. The number of nitrogens with zero attached hydrogens (tertiary/aromatic N) is 3. The van der Waals surface area contributed by atoms with Crippen molar-refractivity contribution < 1.29 is 0 Å². The average Bonchev–Trinajstić information content (AvgIpc) is 3.19. The lowest BCUT2D eigenvalue weighted by atomic mass is 9.81. The number of rotatable bonds is 12. The zero-order valence-electron chi connectivity index (χ0n) is 31.3. The molecule has 2 atom stereocenters. The smallest absolute Gasteiger partial charge is 0.161 e. The molecule has 0 saturated carbocycles. The maximum atomic E-state index is 8.92. The fourth-order valence-corrected chi connectivity index (χ4v) is 7.04. The molecule has 0 saturated heterocycles. The third-order valence-corrected chi connectivity index (χ3v) is 9.93. The van der Waals surface area contributed by atoms with Crippen LogP contribution in [0.4, 0.5) is 0 Å². The van der Waals surface area contributed by atoms with Crippen LogP contribution >= 0.6 is 0 Å². The molecule has 4 nitrogen and oxygen atoms in total. The lowest BCUT2D eigenvalue weighted by Gasteiger charge is -2.24. The fraction of sp³-hybridized carbons (Fsp3) is 0.224. The van der Waals surface area contributed by atoms with E-state index in [1.54, 1.807) is 0 Å². The normalized spacial score (nSPS) is 16.9. The first-order valence-corrected chi connectivity index (χ1v) is 18.9. The van der Waals surface area contributed by atoms with Crippen LogP contribution < -0.4 is 0 Å². The third-order valence-electron chi connectivity index (χ3n) is 9.93. The van der Waals surface area contributed by atoms with Crippen molar-refractivity contribution in [2.45, 2.75) is 59.3 Å². The van der Waals surface area contributed by atoms with Crippen LogP contribution in [0.2, 0.25) is 0 Å². The Balaban J connectivity index is 1.24. The van der Waals surface area contributed by atoms with E-state index in [2.05, 4.69) is 131 Å². The predicted molar refractivity (Wildman–Crippen MR) is 227 cm³/mol. The van der Waals surface area contributed by atoms with Crippen LogP contribution in [-0.2, 0) is 6.42 Å². The monoisotopic (exact) mass is 694 g/mol. The van der Waals surface area contributed by atoms with Gasteiger partial charge in [-0.3, -0.25) is 10.4 Å². The quantitative estimate of drug-likeness (QED) is 0.0895. The van der Waals surface area contributed by atoms with E-state index in [4.69, 9.17) is 20.4 Å². The van der Waals surface area contributed by atoms with Crippen LogP contribution in [0.15, 0.2) is 172 Å². The van der Waals surface area contributed by atoms with Crippen LogP contribution in [-0.4, -0.2) is 22.9 Å².